The summed E-state index contributed by atoms with van der Waals surface area (Å²) in [5.41, 5.74) is -0.788. The number of hydrogen-bond acceptors (Lipinski definition) is 4. The molecule has 7 heteroatoms. The van der Waals surface area contributed by atoms with Crippen LogP contribution in [0.4, 0.5) is 8.78 Å². The molecule has 0 aliphatic heterocycles. The fraction of sp³-hybridized carbons (Fsp3) is 0.600. The molecule has 0 saturated heterocycles. The predicted molar refractivity (Wildman–Crippen MR) is 76.1 cm³/mol. The molecule has 0 atom stereocenters. The Hall–Kier alpha value is -1.76. The highest BCUT2D eigenvalue weighted by Gasteiger charge is 2.29. The van der Waals surface area contributed by atoms with Crippen LogP contribution in [0.25, 0.3) is 0 Å². The van der Waals surface area contributed by atoms with E-state index >= 15 is 0 Å². The quantitative estimate of drug-likeness (QED) is 0.844. The Bertz CT molecular complexity index is 505. The fourth-order valence-corrected chi connectivity index (χ4v) is 2.49. The lowest BCUT2D eigenvalue weighted by Gasteiger charge is -2.32. The lowest BCUT2D eigenvalue weighted by atomic mass is 9.85. The number of hydrogen-bond donors (Lipinski definition) is 2. The van der Waals surface area contributed by atoms with Gasteiger partial charge in [0.1, 0.15) is 5.69 Å². The zero-order chi connectivity index (χ0) is 16.0. The molecule has 22 heavy (non-hydrogen) atoms. The van der Waals surface area contributed by atoms with Gasteiger partial charge in [0.05, 0.1) is 5.60 Å². The van der Waals surface area contributed by atoms with E-state index in [-0.39, 0.29) is 18.1 Å². The largest absolute Gasteiger partial charge is 0.472 e. The molecule has 2 N–H and O–H groups in total. The third kappa shape index (κ3) is 4.91. The molecule has 1 aromatic heterocycles. The molecule has 1 saturated carbocycles. The van der Waals surface area contributed by atoms with E-state index in [9.17, 15) is 18.7 Å². The van der Waals surface area contributed by atoms with Crippen LogP contribution < -0.4 is 10.1 Å². The van der Waals surface area contributed by atoms with E-state index in [4.69, 9.17) is 4.74 Å². The third-order valence-corrected chi connectivity index (χ3v) is 3.68. The van der Waals surface area contributed by atoms with Gasteiger partial charge in [0.25, 0.3) is 12.3 Å². The first kappa shape index (κ1) is 16.6. The van der Waals surface area contributed by atoms with Crippen molar-refractivity contribution in [2.75, 3.05) is 13.2 Å². The minimum Gasteiger partial charge on any atom is -0.472 e. The van der Waals surface area contributed by atoms with Gasteiger partial charge in [-0.2, -0.15) is 0 Å². The van der Waals surface area contributed by atoms with Crippen molar-refractivity contribution in [1.29, 1.82) is 0 Å². The van der Waals surface area contributed by atoms with Gasteiger partial charge in [-0.05, 0) is 18.9 Å². The molecule has 0 radical (unpaired) electrons. The minimum atomic E-state index is -2.60. The molecule has 1 fully saturated rings. The summed E-state index contributed by atoms with van der Waals surface area (Å²) in [5, 5.41) is 13.0. The number of nitrogens with zero attached hydrogens (tertiary/aromatic N) is 1. The topological polar surface area (TPSA) is 71.5 Å². The summed E-state index contributed by atoms with van der Waals surface area (Å²) >= 11 is 0. The smallest absolute Gasteiger partial charge is 0.272 e. The molecule has 122 valence electrons. The lowest BCUT2D eigenvalue weighted by molar-refractivity contribution is 0.00520. The number of rotatable bonds is 6. The number of alkyl halides is 2. The normalized spacial score (nSPS) is 17.3. The van der Waals surface area contributed by atoms with E-state index in [0.717, 1.165) is 19.3 Å². The Kier molecular flexibility index (Phi) is 5.65. The van der Waals surface area contributed by atoms with Gasteiger partial charge in [0.2, 0.25) is 5.88 Å². The highest BCUT2D eigenvalue weighted by molar-refractivity contribution is 5.92. The number of nitrogens with one attached hydrogen (secondary N) is 1. The monoisotopic (exact) mass is 314 g/mol. The average Bonchev–Trinajstić information content (AvgIpc) is 2.52. The molecule has 0 spiro atoms. The van der Waals surface area contributed by atoms with Crippen molar-refractivity contribution < 1.29 is 23.4 Å². The Morgan fingerprint density at radius 3 is 2.77 bits per heavy atom. The predicted octanol–water partition coefficient (Wildman–Crippen LogP) is 2.15. The van der Waals surface area contributed by atoms with Crippen LogP contribution in [0.2, 0.25) is 0 Å². The molecule has 5 nitrogen and oxygen atoms in total. The molecular formula is C15H20F2N2O3. The summed E-state index contributed by atoms with van der Waals surface area (Å²) in [4.78, 5) is 15.9. The van der Waals surface area contributed by atoms with Gasteiger partial charge in [0, 0.05) is 12.6 Å². The van der Waals surface area contributed by atoms with Crippen LogP contribution in [-0.4, -0.2) is 41.2 Å². The second kappa shape index (κ2) is 7.49. The highest BCUT2D eigenvalue weighted by atomic mass is 19.3. The second-order valence-corrected chi connectivity index (χ2v) is 5.53. The molecule has 1 amide bonds. The number of aromatic nitrogens is 1. The Morgan fingerprint density at radius 1 is 1.36 bits per heavy atom. The zero-order valence-electron chi connectivity index (χ0n) is 12.2. The van der Waals surface area contributed by atoms with Gasteiger partial charge in [0.15, 0.2) is 6.61 Å². The first-order valence-corrected chi connectivity index (χ1v) is 7.37. The number of pyridine rings is 1. The SMILES string of the molecule is O=C(NCC1(O)CCCCC1)c1cccc(OCC(F)F)n1. The molecule has 0 unspecified atom stereocenters. The van der Waals surface area contributed by atoms with Gasteiger partial charge >= 0.3 is 0 Å². The first-order valence-electron chi connectivity index (χ1n) is 7.37. The maximum absolute atomic E-state index is 12.1. The molecule has 1 aromatic rings. The number of carbonyl (C=O) groups excluding carboxylic acids is 1. The van der Waals surface area contributed by atoms with E-state index < -0.39 is 24.5 Å². The number of amides is 1. The van der Waals surface area contributed by atoms with Crippen LogP contribution in [0.3, 0.4) is 0 Å². The molecule has 1 aliphatic rings. The van der Waals surface area contributed by atoms with Crippen LogP contribution in [-0.2, 0) is 0 Å². The second-order valence-electron chi connectivity index (χ2n) is 5.53. The summed E-state index contributed by atoms with van der Waals surface area (Å²) in [6.07, 6.45) is 1.72. The van der Waals surface area contributed by atoms with E-state index in [1.54, 1.807) is 0 Å². The average molecular weight is 314 g/mol. The van der Waals surface area contributed by atoms with Crippen LogP contribution in [0.5, 0.6) is 5.88 Å². The number of carbonyl (C=O) groups is 1. The third-order valence-electron chi connectivity index (χ3n) is 3.68. The van der Waals surface area contributed by atoms with E-state index in [2.05, 4.69) is 10.3 Å². The number of halogens is 2. The summed E-state index contributed by atoms with van der Waals surface area (Å²) in [6.45, 7) is -0.604. The molecule has 2 rings (SSSR count). The number of ether oxygens (including phenoxy) is 1. The van der Waals surface area contributed by atoms with E-state index in [0.29, 0.717) is 12.8 Å². The lowest BCUT2D eigenvalue weighted by Crippen LogP contribution is -2.44. The summed E-state index contributed by atoms with van der Waals surface area (Å²) in [5.74, 6) is -0.481. The van der Waals surface area contributed by atoms with Crippen LogP contribution in [0.1, 0.15) is 42.6 Å². The number of aliphatic hydroxyl groups is 1. The van der Waals surface area contributed by atoms with Gasteiger partial charge in [-0.3, -0.25) is 4.79 Å². The van der Waals surface area contributed by atoms with E-state index in [1.807, 2.05) is 0 Å². The Labute approximate surface area is 127 Å². The molecular weight excluding hydrogens is 294 g/mol. The van der Waals surface area contributed by atoms with Crippen LogP contribution >= 0.6 is 0 Å². The van der Waals surface area contributed by atoms with Gasteiger partial charge in [-0.25, -0.2) is 13.8 Å². The maximum atomic E-state index is 12.1. The van der Waals surface area contributed by atoms with Crippen molar-refractivity contribution >= 4 is 5.91 Å². The summed E-state index contributed by atoms with van der Waals surface area (Å²) in [6, 6.07) is 4.39. The highest BCUT2D eigenvalue weighted by Crippen LogP contribution is 2.27. The van der Waals surface area contributed by atoms with Gasteiger partial charge in [-0.1, -0.05) is 25.3 Å². The van der Waals surface area contributed by atoms with Crippen molar-refractivity contribution in [2.45, 2.75) is 44.1 Å². The summed E-state index contributed by atoms with van der Waals surface area (Å²) < 4.78 is 29.0. The van der Waals surface area contributed by atoms with Crippen molar-refractivity contribution in [3.63, 3.8) is 0 Å². The van der Waals surface area contributed by atoms with Gasteiger partial charge in [-0.15, -0.1) is 0 Å². The molecule has 1 heterocycles. The zero-order valence-corrected chi connectivity index (χ0v) is 12.2. The van der Waals surface area contributed by atoms with Gasteiger partial charge < -0.3 is 15.2 Å². The van der Waals surface area contributed by atoms with Crippen LogP contribution in [0.15, 0.2) is 18.2 Å². The Morgan fingerprint density at radius 2 is 2.09 bits per heavy atom. The van der Waals surface area contributed by atoms with Crippen LogP contribution in [0, 0.1) is 0 Å². The molecule has 0 aromatic carbocycles. The fourth-order valence-electron chi connectivity index (χ4n) is 2.49. The summed E-state index contributed by atoms with van der Waals surface area (Å²) in [7, 11) is 0. The maximum Gasteiger partial charge on any atom is 0.272 e. The first-order chi connectivity index (χ1) is 10.5. The molecule has 1 aliphatic carbocycles. The Balaban J connectivity index is 1.90. The van der Waals surface area contributed by atoms with E-state index in [1.165, 1.54) is 18.2 Å². The minimum absolute atomic E-state index is 0.0238. The van der Waals surface area contributed by atoms with Crippen molar-refractivity contribution in [1.82, 2.24) is 10.3 Å². The molecule has 0 bridgehead atoms. The van der Waals surface area contributed by atoms with Crippen molar-refractivity contribution in [3.05, 3.63) is 23.9 Å². The van der Waals surface area contributed by atoms with Crippen molar-refractivity contribution in [2.24, 2.45) is 0 Å². The standard InChI is InChI=1S/C15H20F2N2O3/c16-12(17)9-22-13-6-4-5-11(19-13)14(20)18-10-15(21)7-2-1-3-8-15/h4-6,12,21H,1-3,7-10H2,(H,18,20). The van der Waals surface area contributed by atoms with Crippen molar-refractivity contribution in [3.8, 4) is 5.88 Å².